The van der Waals surface area contributed by atoms with E-state index in [0.717, 1.165) is 12.1 Å². The van der Waals surface area contributed by atoms with Gasteiger partial charge >= 0.3 is 0 Å². The maximum Gasteiger partial charge on any atom is 0.233 e. The monoisotopic (exact) mass is 283 g/mol. The van der Waals surface area contributed by atoms with E-state index < -0.39 is 21.7 Å². The molecule has 0 aromatic heterocycles. The smallest absolute Gasteiger partial charge is 0.233 e. The quantitative estimate of drug-likeness (QED) is 0.844. The minimum atomic E-state index is -3.65. The van der Waals surface area contributed by atoms with Crippen LogP contribution in [-0.2, 0) is 10.0 Å². The molecule has 7 heteroatoms. The summed E-state index contributed by atoms with van der Waals surface area (Å²) in [7, 11) is -3.65. The van der Waals surface area contributed by atoms with Crippen molar-refractivity contribution in [2.45, 2.75) is 6.92 Å². The van der Waals surface area contributed by atoms with Gasteiger partial charge in [-0.2, -0.15) is 0 Å². The minimum Gasteiger partial charge on any atom is -0.283 e. The molecule has 0 amide bonds. The minimum absolute atomic E-state index is 0.135. The van der Waals surface area contributed by atoms with Gasteiger partial charge in [0.2, 0.25) is 10.0 Å². The van der Waals surface area contributed by atoms with Gasteiger partial charge in [-0.1, -0.05) is 6.92 Å². The van der Waals surface area contributed by atoms with E-state index in [1.54, 1.807) is 6.92 Å². The molecule has 1 aromatic carbocycles. The van der Waals surface area contributed by atoms with Crippen LogP contribution in [0.25, 0.3) is 0 Å². The first kappa shape index (κ1) is 14.2. The number of hydrogen-bond donors (Lipinski definition) is 1. The summed E-state index contributed by atoms with van der Waals surface area (Å²) in [5.74, 6) is -1.93. The predicted octanol–water partition coefficient (Wildman–Crippen LogP) is 2.58. The van der Waals surface area contributed by atoms with Crippen LogP contribution in [0.2, 0.25) is 0 Å². The second kappa shape index (κ2) is 5.64. The Bertz CT molecular complexity index is 473. The van der Waals surface area contributed by atoms with Crippen molar-refractivity contribution in [3.8, 4) is 0 Å². The molecular weight excluding hydrogens is 272 g/mol. The first-order valence-electron chi connectivity index (χ1n) is 4.85. The number of rotatable bonds is 5. The molecule has 0 saturated carbocycles. The molecule has 1 unspecified atom stereocenters. The zero-order valence-electron chi connectivity index (χ0n) is 9.08. The van der Waals surface area contributed by atoms with E-state index in [9.17, 15) is 17.2 Å². The molecule has 0 aliphatic heterocycles. The highest BCUT2D eigenvalue weighted by molar-refractivity contribution is 7.92. The summed E-state index contributed by atoms with van der Waals surface area (Å²) >= 11 is 5.50. The standard InChI is InChI=1S/C10H12ClF2NO2S/c1-7(5-11)6-17(15,16)14-10-3-8(12)2-9(13)4-10/h2-4,7,14H,5-6H2,1H3. The summed E-state index contributed by atoms with van der Waals surface area (Å²) in [6, 6.07) is 2.48. The van der Waals surface area contributed by atoms with Crippen molar-refractivity contribution < 1.29 is 17.2 Å². The van der Waals surface area contributed by atoms with Crippen LogP contribution in [0.15, 0.2) is 18.2 Å². The lowest BCUT2D eigenvalue weighted by molar-refractivity contribution is 0.583. The van der Waals surface area contributed by atoms with Crippen LogP contribution in [0.4, 0.5) is 14.5 Å². The summed E-state index contributed by atoms with van der Waals surface area (Å²) in [5.41, 5.74) is -0.135. The molecule has 1 atom stereocenters. The van der Waals surface area contributed by atoms with Gasteiger partial charge < -0.3 is 0 Å². The van der Waals surface area contributed by atoms with Gasteiger partial charge in [0.25, 0.3) is 0 Å². The van der Waals surface area contributed by atoms with E-state index in [2.05, 4.69) is 4.72 Å². The number of hydrogen-bond acceptors (Lipinski definition) is 2. The maximum absolute atomic E-state index is 12.8. The molecule has 0 radical (unpaired) electrons. The zero-order chi connectivity index (χ0) is 13.1. The summed E-state index contributed by atoms with van der Waals surface area (Å²) < 4.78 is 50.9. The van der Waals surface area contributed by atoms with Gasteiger partial charge in [0, 0.05) is 11.9 Å². The average molecular weight is 284 g/mol. The van der Waals surface area contributed by atoms with E-state index in [1.165, 1.54) is 0 Å². The van der Waals surface area contributed by atoms with E-state index in [1.807, 2.05) is 0 Å². The van der Waals surface area contributed by atoms with Crippen LogP contribution in [0.5, 0.6) is 0 Å². The van der Waals surface area contributed by atoms with Gasteiger partial charge in [-0.15, -0.1) is 11.6 Å². The molecular formula is C10H12ClF2NO2S. The van der Waals surface area contributed by atoms with Crippen molar-refractivity contribution in [2.24, 2.45) is 5.92 Å². The highest BCUT2D eigenvalue weighted by atomic mass is 35.5. The first-order chi connectivity index (χ1) is 7.82. The van der Waals surface area contributed by atoms with Crippen molar-refractivity contribution in [1.82, 2.24) is 0 Å². The number of anilines is 1. The Morgan fingerprint density at radius 3 is 2.29 bits per heavy atom. The molecule has 0 aliphatic rings. The maximum atomic E-state index is 12.8. The van der Waals surface area contributed by atoms with Gasteiger partial charge in [-0.25, -0.2) is 17.2 Å². The molecule has 1 N–H and O–H groups in total. The fourth-order valence-electron chi connectivity index (χ4n) is 1.25. The second-order valence-corrected chi connectivity index (χ2v) is 5.88. The van der Waals surface area contributed by atoms with Crippen LogP contribution in [-0.4, -0.2) is 20.1 Å². The Kier molecular flexibility index (Phi) is 4.70. The van der Waals surface area contributed by atoms with Gasteiger partial charge in [0.1, 0.15) is 11.6 Å². The van der Waals surface area contributed by atoms with Crippen molar-refractivity contribution in [3.05, 3.63) is 29.8 Å². The SMILES string of the molecule is CC(CCl)CS(=O)(=O)Nc1cc(F)cc(F)c1. The molecule has 1 rings (SSSR count). The number of benzene rings is 1. The molecule has 3 nitrogen and oxygen atoms in total. The third-order valence-electron chi connectivity index (χ3n) is 1.90. The van der Waals surface area contributed by atoms with Crippen molar-refractivity contribution in [3.63, 3.8) is 0 Å². The van der Waals surface area contributed by atoms with E-state index in [-0.39, 0.29) is 23.2 Å². The van der Waals surface area contributed by atoms with Crippen molar-refractivity contribution >= 4 is 27.3 Å². The number of nitrogens with one attached hydrogen (secondary N) is 1. The van der Waals surface area contributed by atoms with Crippen LogP contribution >= 0.6 is 11.6 Å². The number of sulfonamides is 1. The molecule has 17 heavy (non-hydrogen) atoms. The predicted molar refractivity (Wildman–Crippen MR) is 63.7 cm³/mol. The summed E-state index contributed by atoms with van der Waals surface area (Å²) in [4.78, 5) is 0. The highest BCUT2D eigenvalue weighted by Gasteiger charge is 2.15. The summed E-state index contributed by atoms with van der Waals surface area (Å²) in [5, 5.41) is 0. The van der Waals surface area contributed by atoms with Crippen LogP contribution in [0.3, 0.4) is 0 Å². The topological polar surface area (TPSA) is 46.2 Å². The van der Waals surface area contributed by atoms with Gasteiger partial charge in [-0.05, 0) is 18.1 Å². The third kappa shape index (κ3) is 4.87. The van der Waals surface area contributed by atoms with E-state index >= 15 is 0 Å². The molecule has 1 aromatic rings. The molecule has 0 heterocycles. The highest BCUT2D eigenvalue weighted by Crippen LogP contribution is 2.15. The Morgan fingerprint density at radius 2 is 1.82 bits per heavy atom. The van der Waals surface area contributed by atoms with Crippen molar-refractivity contribution in [1.29, 1.82) is 0 Å². The Hall–Kier alpha value is -0.880. The zero-order valence-corrected chi connectivity index (χ0v) is 10.7. The van der Waals surface area contributed by atoms with E-state index in [0.29, 0.717) is 6.07 Å². The Labute approximate surface area is 104 Å². The van der Waals surface area contributed by atoms with E-state index in [4.69, 9.17) is 11.6 Å². The third-order valence-corrected chi connectivity index (χ3v) is 3.98. The number of alkyl halides is 1. The normalized spacial score (nSPS) is 13.4. The average Bonchev–Trinajstić information content (AvgIpc) is 2.13. The lowest BCUT2D eigenvalue weighted by Crippen LogP contribution is -2.22. The lowest BCUT2D eigenvalue weighted by atomic mass is 10.3. The van der Waals surface area contributed by atoms with Crippen molar-refractivity contribution in [2.75, 3.05) is 16.4 Å². The van der Waals surface area contributed by atoms with Crippen LogP contribution < -0.4 is 4.72 Å². The molecule has 0 saturated heterocycles. The Balaban J connectivity index is 2.83. The van der Waals surface area contributed by atoms with Crippen LogP contribution in [0.1, 0.15) is 6.92 Å². The largest absolute Gasteiger partial charge is 0.283 e. The fourth-order valence-corrected chi connectivity index (χ4v) is 2.92. The van der Waals surface area contributed by atoms with Crippen LogP contribution in [0, 0.1) is 17.6 Å². The molecule has 96 valence electrons. The summed E-state index contributed by atoms with van der Waals surface area (Å²) in [6.07, 6.45) is 0. The Morgan fingerprint density at radius 1 is 1.29 bits per heavy atom. The first-order valence-corrected chi connectivity index (χ1v) is 7.03. The molecule has 0 bridgehead atoms. The lowest BCUT2D eigenvalue weighted by Gasteiger charge is -2.11. The fraction of sp³-hybridized carbons (Fsp3) is 0.400. The molecule has 0 fully saturated rings. The molecule has 0 aliphatic carbocycles. The second-order valence-electron chi connectivity index (χ2n) is 3.80. The summed E-state index contributed by atoms with van der Waals surface area (Å²) in [6.45, 7) is 1.67. The molecule has 0 spiro atoms. The van der Waals surface area contributed by atoms with Gasteiger partial charge in [0.15, 0.2) is 0 Å². The van der Waals surface area contributed by atoms with Gasteiger partial charge in [0.05, 0.1) is 11.4 Å². The van der Waals surface area contributed by atoms with Gasteiger partial charge in [-0.3, -0.25) is 4.72 Å². The number of halogens is 3.